The van der Waals surface area contributed by atoms with Gasteiger partial charge in [-0.15, -0.1) is 0 Å². The van der Waals surface area contributed by atoms with Crippen LogP contribution in [0, 0.1) is 10.1 Å². The second-order valence-electron chi connectivity index (χ2n) is 7.16. The highest BCUT2D eigenvalue weighted by atomic mass is 35.5. The molecule has 0 spiro atoms. The van der Waals surface area contributed by atoms with Crippen LogP contribution in [-0.2, 0) is 10.2 Å². The first-order chi connectivity index (χ1) is 14.4. The minimum Gasteiger partial charge on any atom is -0.496 e. The third-order valence-electron chi connectivity index (χ3n) is 5.48. The van der Waals surface area contributed by atoms with E-state index < -0.39 is 4.92 Å². The van der Waals surface area contributed by atoms with Crippen LogP contribution in [0.2, 0.25) is 5.02 Å². The molecule has 0 atom stereocenters. The number of methoxy groups -OCH3 is 1. The SMILES string of the molecule is CNC(=O)c1ccc(NCC2(c3cc(Cl)ccc3OC)CCOCC2)c([N+](=O)[O-])c1. The molecule has 2 aromatic rings. The van der Waals surface area contributed by atoms with E-state index >= 15 is 0 Å². The summed E-state index contributed by atoms with van der Waals surface area (Å²) in [5, 5.41) is 17.9. The fourth-order valence-corrected chi connectivity index (χ4v) is 3.95. The zero-order valence-corrected chi connectivity index (χ0v) is 17.6. The van der Waals surface area contributed by atoms with Crippen LogP contribution in [0.5, 0.6) is 5.75 Å². The number of nitro benzene ring substituents is 1. The van der Waals surface area contributed by atoms with Gasteiger partial charge in [0.25, 0.3) is 11.6 Å². The van der Waals surface area contributed by atoms with Gasteiger partial charge in [-0.3, -0.25) is 14.9 Å². The van der Waals surface area contributed by atoms with Gasteiger partial charge in [0.05, 0.1) is 12.0 Å². The maximum atomic E-state index is 11.8. The largest absolute Gasteiger partial charge is 0.496 e. The first kappa shape index (κ1) is 21.9. The summed E-state index contributed by atoms with van der Waals surface area (Å²) in [7, 11) is 3.09. The molecular formula is C21H24ClN3O5. The average Bonchev–Trinajstić information content (AvgIpc) is 2.77. The van der Waals surface area contributed by atoms with E-state index in [2.05, 4.69) is 10.6 Å². The first-order valence-electron chi connectivity index (χ1n) is 9.56. The van der Waals surface area contributed by atoms with Crippen molar-refractivity contribution in [2.45, 2.75) is 18.3 Å². The number of nitrogens with one attached hydrogen (secondary N) is 2. The van der Waals surface area contributed by atoms with Crippen molar-refractivity contribution in [2.24, 2.45) is 0 Å². The van der Waals surface area contributed by atoms with Crippen molar-refractivity contribution in [3.63, 3.8) is 0 Å². The van der Waals surface area contributed by atoms with Gasteiger partial charge in [0.15, 0.2) is 0 Å². The number of carbonyl (C=O) groups excluding carboxylic acids is 1. The van der Waals surface area contributed by atoms with E-state index in [1.807, 2.05) is 12.1 Å². The molecule has 2 aromatic carbocycles. The third-order valence-corrected chi connectivity index (χ3v) is 5.72. The highest BCUT2D eigenvalue weighted by molar-refractivity contribution is 6.30. The third kappa shape index (κ3) is 4.49. The fraction of sp³-hybridized carbons (Fsp3) is 0.381. The summed E-state index contributed by atoms with van der Waals surface area (Å²) in [6.07, 6.45) is 1.42. The van der Waals surface area contributed by atoms with Crippen LogP contribution < -0.4 is 15.4 Å². The lowest BCUT2D eigenvalue weighted by atomic mass is 9.73. The number of rotatable bonds is 7. The van der Waals surface area contributed by atoms with Crippen LogP contribution in [0.15, 0.2) is 36.4 Å². The van der Waals surface area contributed by atoms with Gasteiger partial charge >= 0.3 is 0 Å². The minimum absolute atomic E-state index is 0.156. The Morgan fingerprint density at radius 3 is 2.63 bits per heavy atom. The first-order valence-corrected chi connectivity index (χ1v) is 9.94. The molecule has 1 amide bonds. The zero-order chi connectivity index (χ0) is 21.7. The number of nitro groups is 1. The van der Waals surface area contributed by atoms with Gasteiger partial charge in [0.2, 0.25) is 0 Å². The normalized spacial score (nSPS) is 15.3. The molecule has 1 aliphatic heterocycles. The van der Waals surface area contributed by atoms with E-state index in [0.29, 0.717) is 49.1 Å². The Morgan fingerprint density at radius 2 is 2.00 bits per heavy atom. The minimum atomic E-state index is -0.495. The van der Waals surface area contributed by atoms with Gasteiger partial charge in [-0.25, -0.2) is 0 Å². The van der Waals surface area contributed by atoms with Crippen molar-refractivity contribution in [1.29, 1.82) is 0 Å². The second kappa shape index (κ2) is 9.32. The summed E-state index contributed by atoms with van der Waals surface area (Å²) >= 11 is 6.27. The number of carbonyl (C=O) groups is 1. The second-order valence-corrected chi connectivity index (χ2v) is 7.60. The molecule has 1 fully saturated rings. The number of amides is 1. The lowest BCUT2D eigenvalue weighted by molar-refractivity contribution is -0.384. The van der Waals surface area contributed by atoms with Crippen LogP contribution in [0.1, 0.15) is 28.8 Å². The van der Waals surface area contributed by atoms with Crippen molar-refractivity contribution in [2.75, 3.05) is 39.2 Å². The molecule has 3 rings (SSSR count). The number of hydrogen-bond donors (Lipinski definition) is 2. The molecule has 8 nitrogen and oxygen atoms in total. The van der Waals surface area contributed by atoms with Crippen LogP contribution in [0.4, 0.5) is 11.4 Å². The predicted octanol–water partition coefficient (Wildman–Crippen LogP) is 3.78. The van der Waals surface area contributed by atoms with Gasteiger partial charge < -0.3 is 20.1 Å². The Hall–Kier alpha value is -2.84. The molecule has 0 radical (unpaired) electrons. The van der Waals surface area contributed by atoms with E-state index in [-0.39, 0.29) is 22.6 Å². The van der Waals surface area contributed by atoms with Crippen molar-refractivity contribution in [3.8, 4) is 5.75 Å². The van der Waals surface area contributed by atoms with Crippen molar-refractivity contribution in [3.05, 3.63) is 62.7 Å². The van der Waals surface area contributed by atoms with E-state index in [4.69, 9.17) is 21.1 Å². The summed E-state index contributed by atoms with van der Waals surface area (Å²) < 4.78 is 11.1. The van der Waals surface area contributed by atoms with E-state index in [1.165, 1.54) is 13.1 Å². The Morgan fingerprint density at radius 1 is 1.27 bits per heavy atom. The van der Waals surface area contributed by atoms with E-state index in [0.717, 1.165) is 5.56 Å². The van der Waals surface area contributed by atoms with Crippen molar-refractivity contribution < 1.29 is 19.2 Å². The molecule has 160 valence electrons. The Balaban J connectivity index is 1.95. The average molecular weight is 434 g/mol. The Bertz CT molecular complexity index is 944. The fourth-order valence-electron chi connectivity index (χ4n) is 3.78. The Labute approximate surface area is 179 Å². The molecule has 0 saturated carbocycles. The Kier molecular flexibility index (Phi) is 6.79. The summed E-state index contributed by atoms with van der Waals surface area (Å²) in [4.78, 5) is 23.0. The predicted molar refractivity (Wildman–Crippen MR) is 115 cm³/mol. The molecule has 30 heavy (non-hydrogen) atoms. The van der Waals surface area contributed by atoms with Gasteiger partial charge in [0, 0.05) is 54.4 Å². The summed E-state index contributed by atoms with van der Waals surface area (Å²) in [5.41, 5.74) is 0.989. The highest BCUT2D eigenvalue weighted by Gasteiger charge is 2.37. The molecular weight excluding hydrogens is 410 g/mol. The summed E-state index contributed by atoms with van der Waals surface area (Å²) in [6, 6.07) is 9.88. The molecule has 9 heteroatoms. The maximum Gasteiger partial charge on any atom is 0.293 e. The number of anilines is 1. The zero-order valence-electron chi connectivity index (χ0n) is 16.9. The van der Waals surface area contributed by atoms with Crippen LogP contribution in [0.25, 0.3) is 0 Å². The van der Waals surface area contributed by atoms with Crippen LogP contribution in [0.3, 0.4) is 0 Å². The van der Waals surface area contributed by atoms with Gasteiger partial charge in [-0.1, -0.05) is 11.6 Å². The smallest absolute Gasteiger partial charge is 0.293 e. The lowest BCUT2D eigenvalue weighted by Gasteiger charge is -2.39. The van der Waals surface area contributed by atoms with E-state index in [9.17, 15) is 14.9 Å². The van der Waals surface area contributed by atoms with Gasteiger partial charge in [0.1, 0.15) is 11.4 Å². The van der Waals surface area contributed by atoms with Crippen LogP contribution >= 0.6 is 11.6 Å². The molecule has 1 heterocycles. The lowest BCUT2D eigenvalue weighted by Crippen LogP contribution is -2.40. The number of halogens is 1. The van der Waals surface area contributed by atoms with Crippen molar-refractivity contribution >= 4 is 28.9 Å². The van der Waals surface area contributed by atoms with Gasteiger partial charge in [-0.2, -0.15) is 0 Å². The molecule has 1 saturated heterocycles. The maximum absolute atomic E-state index is 11.8. The molecule has 1 aliphatic rings. The molecule has 0 aliphatic carbocycles. The van der Waals surface area contributed by atoms with Crippen molar-refractivity contribution in [1.82, 2.24) is 5.32 Å². The molecule has 2 N–H and O–H groups in total. The highest BCUT2D eigenvalue weighted by Crippen LogP contribution is 2.41. The quantitative estimate of drug-likeness (QED) is 0.509. The topological polar surface area (TPSA) is 103 Å². The molecule has 0 bridgehead atoms. The van der Waals surface area contributed by atoms with E-state index in [1.54, 1.807) is 25.3 Å². The number of hydrogen-bond acceptors (Lipinski definition) is 6. The monoisotopic (exact) mass is 433 g/mol. The molecule has 0 aromatic heterocycles. The van der Waals surface area contributed by atoms with Gasteiger partial charge in [-0.05, 0) is 43.2 Å². The number of benzene rings is 2. The van der Waals surface area contributed by atoms with Crippen LogP contribution in [-0.4, -0.2) is 44.7 Å². The standard InChI is InChI=1S/C21H24ClN3O5/c1-23-20(26)14-3-5-17(18(11-14)25(27)28)24-13-21(7-9-30-10-8-21)16-12-15(22)4-6-19(16)29-2/h3-6,11-12,24H,7-10,13H2,1-2H3,(H,23,26). The number of ether oxygens (including phenoxy) is 2. The summed E-state index contributed by atoms with van der Waals surface area (Å²) in [6.45, 7) is 1.55. The summed E-state index contributed by atoms with van der Waals surface area (Å²) in [5.74, 6) is 0.335. The number of nitrogens with zero attached hydrogens (tertiary/aromatic N) is 1. The molecule has 0 unspecified atom stereocenters.